The zero-order chi connectivity index (χ0) is 26.8. The Kier molecular flexibility index (Phi) is 7.38. The fourth-order valence-corrected chi connectivity index (χ4v) is 5.94. The van der Waals surface area contributed by atoms with Crippen LogP contribution in [0, 0.1) is 13.8 Å². The van der Waals surface area contributed by atoms with Gasteiger partial charge in [-0.3, -0.25) is 4.98 Å². The number of pyridine rings is 1. The summed E-state index contributed by atoms with van der Waals surface area (Å²) in [6.45, 7) is 10.7. The molecule has 1 N–H and O–H groups in total. The minimum Gasteiger partial charge on any atom is -0.497 e. The zero-order valence-corrected chi connectivity index (χ0v) is 23.5. The van der Waals surface area contributed by atoms with Crippen molar-refractivity contribution < 1.29 is 4.74 Å². The second-order valence-corrected chi connectivity index (χ2v) is 9.94. The number of nitrogens with one attached hydrogen (secondary N) is 1. The number of hydrogen-bond acceptors (Lipinski definition) is 4. The largest absolute Gasteiger partial charge is 0.497 e. The van der Waals surface area contributed by atoms with Crippen LogP contribution in [0.15, 0.2) is 79.0 Å². The van der Waals surface area contributed by atoms with Gasteiger partial charge in [0.25, 0.3) is 0 Å². The van der Waals surface area contributed by atoms with Crippen molar-refractivity contribution in [1.82, 2.24) is 14.9 Å². The van der Waals surface area contributed by atoms with E-state index in [1.165, 1.54) is 22.6 Å². The van der Waals surface area contributed by atoms with Gasteiger partial charge in [0.2, 0.25) is 0 Å². The van der Waals surface area contributed by atoms with Crippen LogP contribution >= 0.6 is 12.2 Å². The predicted molar refractivity (Wildman–Crippen MR) is 160 cm³/mol. The summed E-state index contributed by atoms with van der Waals surface area (Å²) in [5.41, 5.74) is 7.90. The standard InChI is InChI=1S/C31H35N5OS/c1-6-34(7-2)23-14-16-24(17-15-23)35-21(3)19-27(22(35)4)30-29(28-13-8-9-18-32-28)33-31(38)36(30)25-11-10-12-26(20-25)37-5/h8-20,29-30H,6-7H2,1-5H3,(H,33,38)/t29-,30-/m1/s1. The molecule has 38 heavy (non-hydrogen) atoms. The van der Waals surface area contributed by atoms with Crippen molar-refractivity contribution in [3.8, 4) is 11.4 Å². The Bertz CT molecular complexity index is 1410. The molecular formula is C31H35N5OS. The fourth-order valence-electron chi connectivity index (χ4n) is 5.59. The molecule has 1 aliphatic heterocycles. The molecule has 4 aromatic rings. The van der Waals surface area contributed by atoms with Crippen LogP contribution in [0.25, 0.3) is 5.69 Å². The number of aromatic nitrogens is 2. The van der Waals surface area contributed by atoms with Crippen molar-refractivity contribution >= 4 is 28.7 Å². The SMILES string of the molecule is CCN(CC)c1ccc(-n2c(C)cc([C@@H]3[C@@H](c4ccccn4)NC(=S)N3c3cccc(OC)c3)c2C)cc1. The van der Waals surface area contributed by atoms with E-state index in [9.17, 15) is 0 Å². The summed E-state index contributed by atoms with van der Waals surface area (Å²) < 4.78 is 7.87. The summed E-state index contributed by atoms with van der Waals surface area (Å²) in [6.07, 6.45) is 1.84. The van der Waals surface area contributed by atoms with E-state index in [4.69, 9.17) is 21.9 Å². The molecule has 1 fully saturated rings. The van der Waals surface area contributed by atoms with E-state index in [0.29, 0.717) is 5.11 Å². The van der Waals surface area contributed by atoms with E-state index in [2.05, 4.69) is 89.8 Å². The monoisotopic (exact) mass is 525 g/mol. The van der Waals surface area contributed by atoms with Gasteiger partial charge in [0, 0.05) is 53.8 Å². The van der Waals surface area contributed by atoms with Gasteiger partial charge in [-0.1, -0.05) is 12.1 Å². The van der Waals surface area contributed by atoms with Gasteiger partial charge in [-0.25, -0.2) is 0 Å². The maximum Gasteiger partial charge on any atom is 0.174 e. The molecule has 0 radical (unpaired) electrons. The van der Waals surface area contributed by atoms with Gasteiger partial charge in [-0.05, 0) is 100 Å². The van der Waals surface area contributed by atoms with E-state index >= 15 is 0 Å². The van der Waals surface area contributed by atoms with Crippen LogP contribution in [0.4, 0.5) is 11.4 Å². The second kappa shape index (κ2) is 10.9. The van der Waals surface area contributed by atoms with Gasteiger partial charge in [0.1, 0.15) is 5.75 Å². The molecule has 1 aliphatic rings. The number of nitrogens with zero attached hydrogens (tertiary/aromatic N) is 4. The maximum atomic E-state index is 5.93. The molecule has 2 atom stereocenters. The number of methoxy groups -OCH3 is 1. The molecule has 196 valence electrons. The lowest BCUT2D eigenvalue weighted by Crippen LogP contribution is -2.29. The van der Waals surface area contributed by atoms with Crippen molar-refractivity contribution in [2.45, 2.75) is 39.8 Å². The summed E-state index contributed by atoms with van der Waals surface area (Å²) >= 11 is 5.93. The van der Waals surface area contributed by atoms with E-state index < -0.39 is 0 Å². The van der Waals surface area contributed by atoms with Gasteiger partial charge in [-0.2, -0.15) is 0 Å². The van der Waals surface area contributed by atoms with Crippen molar-refractivity contribution in [3.63, 3.8) is 0 Å². The predicted octanol–water partition coefficient (Wildman–Crippen LogP) is 6.52. The Hall–Kier alpha value is -3.84. The molecule has 0 amide bonds. The average molecular weight is 526 g/mol. The van der Waals surface area contributed by atoms with E-state index in [1.54, 1.807) is 7.11 Å². The Morgan fingerprint density at radius 1 is 0.947 bits per heavy atom. The maximum absolute atomic E-state index is 5.93. The van der Waals surface area contributed by atoms with Gasteiger partial charge in [-0.15, -0.1) is 0 Å². The Labute approximate surface area is 230 Å². The molecule has 6 nitrogen and oxygen atoms in total. The first-order valence-electron chi connectivity index (χ1n) is 13.2. The molecule has 5 rings (SSSR count). The molecule has 0 unspecified atom stereocenters. The Balaban J connectivity index is 1.61. The number of thiocarbonyl (C=S) groups is 1. The number of aryl methyl sites for hydroxylation is 1. The summed E-state index contributed by atoms with van der Waals surface area (Å²) in [6, 6.07) is 25.1. The lowest BCUT2D eigenvalue weighted by atomic mass is 9.96. The highest BCUT2D eigenvalue weighted by Gasteiger charge is 2.42. The first-order chi connectivity index (χ1) is 18.5. The van der Waals surface area contributed by atoms with E-state index in [1.807, 2.05) is 36.5 Å². The number of rotatable bonds is 8. The fraction of sp³-hybridized carbons (Fsp3) is 0.290. The highest BCUT2D eigenvalue weighted by atomic mass is 32.1. The van der Waals surface area contributed by atoms with Gasteiger partial charge < -0.3 is 24.4 Å². The number of anilines is 2. The van der Waals surface area contributed by atoms with Gasteiger partial charge >= 0.3 is 0 Å². The van der Waals surface area contributed by atoms with Crippen molar-refractivity contribution in [1.29, 1.82) is 0 Å². The first kappa shape index (κ1) is 25.8. The normalized spacial score (nSPS) is 17.0. The molecule has 0 saturated carbocycles. The first-order valence-corrected chi connectivity index (χ1v) is 13.6. The smallest absolute Gasteiger partial charge is 0.174 e. The van der Waals surface area contributed by atoms with Crippen LogP contribution in [0.1, 0.15) is 48.6 Å². The van der Waals surface area contributed by atoms with Crippen molar-refractivity contribution in [3.05, 3.63) is 102 Å². The van der Waals surface area contributed by atoms with Crippen LogP contribution in [0.2, 0.25) is 0 Å². The molecular weight excluding hydrogens is 490 g/mol. The molecule has 0 spiro atoms. The average Bonchev–Trinajstić information content (AvgIpc) is 3.45. The van der Waals surface area contributed by atoms with E-state index in [-0.39, 0.29) is 12.1 Å². The summed E-state index contributed by atoms with van der Waals surface area (Å²) in [5, 5.41) is 4.25. The third-order valence-electron chi connectivity index (χ3n) is 7.46. The minimum absolute atomic E-state index is 0.0839. The molecule has 2 aromatic carbocycles. The van der Waals surface area contributed by atoms with Crippen LogP contribution in [0.3, 0.4) is 0 Å². The number of ether oxygens (including phenoxy) is 1. The van der Waals surface area contributed by atoms with Crippen molar-refractivity contribution in [2.75, 3.05) is 30.0 Å². The lowest BCUT2D eigenvalue weighted by Gasteiger charge is -2.28. The highest BCUT2D eigenvalue weighted by Crippen LogP contribution is 2.44. The Morgan fingerprint density at radius 2 is 1.71 bits per heavy atom. The summed E-state index contributed by atoms with van der Waals surface area (Å²) in [7, 11) is 1.69. The summed E-state index contributed by atoms with van der Waals surface area (Å²) in [5.74, 6) is 0.795. The van der Waals surface area contributed by atoms with Crippen LogP contribution < -0.4 is 19.9 Å². The molecule has 0 aliphatic carbocycles. The van der Waals surface area contributed by atoms with Gasteiger partial charge in [0.05, 0.1) is 24.9 Å². The zero-order valence-electron chi connectivity index (χ0n) is 22.7. The molecule has 7 heteroatoms. The molecule has 2 aromatic heterocycles. The second-order valence-electron chi connectivity index (χ2n) is 9.55. The molecule has 1 saturated heterocycles. The lowest BCUT2D eigenvalue weighted by molar-refractivity contribution is 0.415. The highest BCUT2D eigenvalue weighted by molar-refractivity contribution is 7.80. The minimum atomic E-state index is -0.103. The summed E-state index contributed by atoms with van der Waals surface area (Å²) in [4.78, 5) is 9.27. The third-order valence-corrected chi connectivity index (χ3v) is 7.77. The molecule has 3 heterocycles. The topological polar surface area (TPSA) is 45.6 Å². The van der Waals surface area contributed by atoms with Crippen molar-refractivity contribution in [2.24, 2.45) is 0 Å². The third kappa shape index (κ3) is 4.63. The molecule has 0 bridgehead atoms. The van der Waals surface area contributed by atoms with Crippen LogP contribution in [-0.4, -0.2) is 34.9 Å². The Morgan fingerprint density at radius 3 is 2.37 bits per heavy atom. The number of hydrogen-bond donors (Lipinski definition) is 1. The van der Waals surface area contributed by atoms with Crippen LogP contribution in [0.5, 0.6) is 5.75 Å². The van der Waals surface area contributed by atoms with Gasteiger partial charge in [0.15, 0.2) is 5.11 Å². The van der Waals surface area contributed by atoms with Crippen LogP contribution in [-0.2, 0) is 0 Å². The van der Waals surface area contributed by atoms with E-state index in [0.717, 1.165) is 35.9 Å². The quantitative estimate of drug-likeness (QED) is 0.264. The number of benzene rings is 2.